The fourth-order valence-corrected chi connectivity index (χ4v) is 2.57. The first-order chi connectivity index (χ1) is 8.25. The quantitative estimate of drug-likeness (QED) is 0.739. The molecule has 1 aliphatic heterocycles. The van der Waals surface area contributed by atoms with Crippen molar-refractivity contribution in [3.63, 3.8) is 0 Å². The van der Waals surface area contributed by atoms with Gasteiger partial charge in [0.25, 0.3) is 0 Å². The fourth-order valence-electron chi connectivity index (χ4n) is 2.57. The van der Waals surface area contributed by atoms with Crippen LogP contribution in [0.5, 0.6) is 0 Å². The third-order valence-electron chi connectivity index (χ3n) is 3.44. The third kappa shape index (κ3) is 1.70. The van der Waals surface area contributed by atoms with Crippen LogP contribution < -0.4 is 5.32 Å². The van der Waals surface area contributed by atoms with Gasteiger partial charge in [-0.15, -0.1) is 0 Å². The summed E-state index contributed by atoms with van der Waals surface area (Å²) >= 11 is 0. The van der Waals surface area contributed by atoms with Crippen molar-refractivity contribution in [3.8, 4) is 0 Å². The monoisotopic (exact) mass is 230 g/mol. The van der Waals surface area contributed by atoms with Gasteiger partial charge in [0.05, 0.1) is 0 Å². The number of aliphatic carboxylic acids is 1. The summed E-state index contributed by atoms with van der Waals surface area (Å²) < 4.78 is 0. The Morgan fingerprint density at radius 3 is 2.88 bits per heavy atom. The number of H-pyrrole nitrogens is 1. The Labute approximate surface area is 98.6 Å². The number of carboxylic acid groups (broad SMARTS) is 1. The van der Waals surface area contributed by atoms with Gasteiger partial charge in [-0.1, -0.05) is 18.2 Å². The number of carbonyl (C=O) groups is 1. The maximum absolute atomic E-state index is 10.9. The van der Waals surface area contributed by atoms with Crippen LogP contribution in [-0.2, 0) is 4.79 Å². The molecule has 3 rings (SSSR count). The molecule has 1 aromatic heterocycles. The van der Waals surface area contributed by atoms with Gasteiger partial charge in [-0.2, -0.15) is 0 Å². The Bertz CT molecular complexity index is 561. The van der Waals surface area contributed by atoms with Crippen molar-refractivity contribution < 1.29 is 9.90 Å². The van der Waals surface area contributed by atoms with Gasteiger partial charge in [-0.25, -0.2) is 0 Å². The number of aromatic nitrogens is 1. The predicted molar refractivity (Wildman–Crippen MR) is 64.8 cm³/mol. The first-order valence-electron chi connectivity index (χ1n) is 5.80. The number of aromatic amines is 1. The molecule has 0 radical (unpaired) electrons. The minimum atomic E-state index is -0.757. The SMILES string of the molecule is O=C(O)[C@@H]1CC[C@@H](c2c[nH]c3ccccc23)N1. The minimum absolute atomic E-state index is 0.146. The van der Waals surface area contributed by atoms with E-state index in [0.717, 1.165) is 11.9 Å². The molecule has 2 atom stereocenters. The average Bonchev–Trinajstić information content (AvgIpc) is 2.95. The van der Waals surface area contributed by atoms with Gasteiger partial charge >= 0.3 is 5.97 Å². The summed E-state index contributed by atoms with van der Waals surface area (Å²) in [6.07, 6.45) is 3.55. The topological polar surface area (TPSA) is 65.1 Å². The van der Waals surface area contributed by atoms with E-state index >= 15 is 0 Å². The predicted octanol–water partition coefficient (Wildman–Crippen LogP) is 2.05. The van der Waals surface area contributed by atoms with Gasteiger partial charge in [0, 0.05) is 23.1 Å². The fraction of sp³-hybridized carbons (Fsp3) is 0.308. The number of hydrogen-bond donors (Lipinski definition) is 3. The Morgan fingerprint density at radius 1 is 1.29 bits per heavy atom. The number of carboxylic acids is 1. The summed E-state index contributed by atoms with van der Waals surface area (Å²) in [5, 5.41) is 13.3. The van der Waals surface area contributed by atoms with E-state index in [0.29, 0.717) is 6.42 Å². The number of para-hydroxylation sites is 1. The van der Waals surface area contributed by atoms with E-state index in [1.807, 2.05) is 24.4 Å². The van der Waals surface area contributed by atoms with Crippen LogP contribution in [0.15, 0.2) is 30.5 Å². The van der Waals surface area contributed by atoms with Crippen LogP contribution in [-0.4, -0.2) is 22.1 Å². The molecule has 1 fully saturated rings. The third-order valence-corrected chi connectivity index (χ3v) is 3.44. The Morgan fingerprint density at radius 2 is 2.12 bits per heavy atom. The lowest BCUT2D eigenvalue weighted by Gasteiger charge is -2.10. The van der Waals surface area contributed by atoms with Gasteiger partial charge in [-0.05, 0) is 24.5 Å². The van der Waals surface area contributed by atoms with Crippen molar-refractivity contribution in [2.45, 2.75) is 24.9 Å². The summed E-state index contributed by atoms with van der Waals surface area (Å²) in [7, 11) is 0. The molecule has 0 unspecified atom stereocenters. The molecule has 17 heavy (non-hydrogen) atoms. The molecule has 4 heteroatoms. The van der Waals surface area contributed by atoms with E-state index in [9.17, 15) is 4.79 Å². The second-order valence-corrected chi connectivity index (χ2v) is 4.48. The average molecular weight is 230 g/mol. The van der Waals surface area contributed by atoms with Crippen LogP contribution in [0.1, 0.15) is 24.4 Å². The summed E-state index contributed by atoms with van der Waals surface area (Å²) in [5.41, 5.74) is 2.27. The molecule has 1 aliphatic rings. The molecule has 0 aliphatic carbocycles. The molecule has 4 nitrogen and oxygen atoms in total. The Kier molecular flexibility index (Phi) is 2.37. The van der Waals surface area contributed by atoms with Crippen LogP contribution in [0.4, 0.5) is 0 Å². The van der Waals surface area contributed by atoms with Crippen LogP contribution in [0, 0.1) is 0 Å². The Balaban J connectivity index is 1.93. The second kappa shape index (κ2) is 3.89. The van der Waals surface area contributed by atoms with E-state index in [2.05, 4.69) is 16.4 Å². The van der Waals surface area contributed by atoms with Crippen molar-refractivity contribution in [1.82, 2.24) is 10.3 Å². The summed E-state index contributed by atoms with van der Waals surface area (Å²) in [4.78, 5) is 14.1. The molecular formula is C13H14N2O2. The number of rotatable bonds is 2. The number of nitrogens with one attached hydrogen (secondary N) is 2. The van der Waals surface area contributed by atoms with Crippen LogP contribution in [0.3, 0.4) is 0 Å². The summed E-state index contributed by atoms with van der Waals surface area (Å²) in [6.45, 7) is 0. The molecule has 0 bridgehead atoms. The number of hydrogen-bond acceptors (Lipinski definition) is 2. The zero-order valence-corrected chi connectivity index (χ0v) is 9.31. The van der Waals surface area contributed by atoms with Crippen LogP contribution in [0.25, 0.3) is 10.9 Å². The normalized spacial score (nSPS) is 24.2. The number of fused-ring (bicyclic) bond motifs is 1. The number of benzene rings is 1. The zero-order chi connectivity index (χ0) is 11.8. The first kappa shape index (κ1) is 10.4. The molecule has 1 saturated heterocycles. The smallest absolute Gasteiger partial charge is 0.320 e. The van der Waals surface area contributed by atoms with Gasteiger partial charge in [-0.3, -0.25) is 10.1 Å². The maximum atomic E-state index is 10.9. The largest absolute Gasteiger partial charge is 0.480 e. The molecule has 3 N–H and O–H groups in total. The molecule has 0 spiro atoms. The Hall–Kier alpha value is -1.81. The summed E-state index contributed by atoms with van der Waals surface area (Å²) in [5.74, 6) is -0.757. The zero-order valence-electron chi connectivity index (χ0n) is 9.31. The van der Waals surface area contributed by atoms with E-state index in [1.165, 1.54) is 10.9 Å². The van der Waals surface area contributed by atoms with E-state index < -0.39 is 12.0 Å². The molecule has 0 saturated carbocycles. The highest BCUT2D eigenvalue weighted by atomic mass is 16.4. The molecule has 2 aromatic rings. The minimum Gasteiger partial charge on any atom is -0.480 e. The van der Waals surface area contributed by atoms with E-state index in [1.54, 1.807) is 0 Å². The van der Waals surface area contributed by atoms with Crippen LogP contribution in [0.2, 0.25) is 0 Å². The second-order valence-electron chi connectivity index (χ2n) is 4.48. The summed E-state index contributed by atoms with van der Waals surface area (Å²) in [6, 6.07) is 7.83. The van der Waals surface area contributed by atoms with Gasteiger partial charge in [0.2, 0.25) is 0 Å². The maximum Gasteiger partial charge on any atom is 0.320 e. The molecule has 1 aromatic carbocycles. The van der Waals surface area contributed by atoms with Crippen molar-refractivity contribution >= 4 is 16.9 Å². The molecular weight excluding hydrogens is 216 g/mol. The van der Waals surface area contributed by atoms with Gasteiger partial charge < -0.3 is 10.1 Å². The van der Waals surface area contributed by atoms with E-state index in [4.69, 9.17) is 5.11 Å². The van der Waals surface area contributed by atoms with Crippen molar-refractivity contribution in [2.75, 3.05) is 0 Å². The molecule has 2 heterocycles. The first-order valence-corrected chi connectivity index (χ1v) is 5.80. The van der Waals surface area contributed by atoms with Crippen molar-refractivity contribution in [2.24, 2.45) is 0 Å². The standard InChI is InChI=1S/C13H14N2O2/c16-13(17)12-6-5-11(15-12)9-7-14-10-4-2-1-3-8(9)10/h1-4,7,11-12,14-15H,5-6H2,(H,16,17)/t11-,12-/m0/s1. The van der Waals surface area contributed by atoms with Gasteiger partial charge in [0.1, 0.15) is 6.04 Å². The van der Waals surface area contributed by atoms with Crippen molar-refractivity contribution in [3.05, 3.63) is 36.0 Å². The lowest BCUT2D eigenvalue weighted by atomic mass is 10.0. The van der Waals surface area contributed by atoms with E-state index in [-0.39, 0.29) is 6.04 Å². The highest BCUT2D eigenvalue weighted by Crippen LogP contribution is 2.31. The highest BCUT2D eigenvalue weighted by Gasteiger charge is 2.30. The lowest BCUT2D eigenvalue weighted by Crippen LogP contribution is -2.31. The lowest BCUT2D eigenvalue weighted by molar-refractivity contribution is -0.139. The van der Waals surface area contributed by atoms with Crippen LogP contribution >= 0.6 is 0 Å². The van der Waals surface area contributed by atoms with Crippen molar-refractivity contribution in [1.29, 1.82) is 0 Å². The van der Waals surface area contributed by atoms with Gasteiger partial charge in [0.15, 0.2) is 0 Å². The highest BCUT2D eigenvalue weighted by molar-refractivity contribution is 5.84. The molecule has 0 amide bonds. The molecule has 88 valence electrons.